The number of carbonyl (C=O) groups excluding carboxylic acids is 1. The fourth-order valence-electron chi connectivity index (χ4n) is 2.54. The summed E-state index contributed by atoms with van der Waals surface area (Å²) < 4.78 is 0. The number of phenolic OH excluding ortho intramolecular Hbond substituents is 1. The summed E-state index contributed by atoms with van der Waals surface area (Å²) in [6.45, 7) is 3.63. The van der Waals surface area contributed by atoms with Gasteiger partial charge >= 0.3 is 0 Å². The third-order valence-electron chi connectivity index (χ3n) is 3.35. The van der Waals surface area contributed by atoms with Gasteiger partial charge in [-0.1, -0.05) is 18.6 Å². The van der Waals surface area contributed by atoms with Crippen LogP contribution in [0.5, 0.6) is 5.75 Å². The van der Waals surface area contributed by atoms with Gasteiger partial charge in [-0.05, 0) is 50.6 Å². The Morgan fingerprint density at radius 2 is 1.76 bits per heavy atom. The maximum atomic E-state index is 11.8. The predicted octanol–water partition coefficient (Wildman–Crippen LogP) is 2.51. The van der Waals surface area contributed by atoms with Crippen LogP contribution in [0.1, 0.15) is 37.8 Å². The standard InChI is InChI=1S/C14H19NO2/c1-11(16)14(15-9-3-2-4-10-15)12-5-7-13(17)8-6-12/h5-8,14,17H,2-4,9-10H2,1H3. The highest BCUT2D eigenvalue weighted by Crippen LogP contribution is 2.26. The molecule has 2 rings (SSSR count). The first-order chi connectivity index (χ1) is 8.18. The number of rotatable bonds is 3. The van der Waals surface area contributed by atoms with Crippen LogP contribution in [0.2, 0.25) is 0 Å². The Morgan fingerprint density at radius 3 is 2.29 bits per heavy atom. The van der Waals surface area contributed by atoms with Crippen LogP contribution >= 0.6 is 0 Å². The number of hydrogen-bond acceptors (Lipinski definition) is 3. The van der Waals surface area contributed by atoms with Crippen LogP contribution in [0.25, 0.3) is 0 Å². The van der Waals surface area contributed by atoms with Crippen molar-refractivity contribution in [3.05, 3.63) is 29.8 Å². The molecule has 0 aliphatic carbocycles. The third kappa shape index (κ3) is 2.86. The van der Waals surface area contributed by atoms with Crippen molar-refractivity contribution >= 4 is 5.78 Å². The molecule has 1 aromatic rings. The average molecular weight is 233 g/mol. The topological polar surface area (TPSA) is 40.5 Å². The van der Waals surface area contributed by atoms with Crippen molar-refractivity contribution in [2.75, 3.05) is 13.1 Å². The van der Waals surface area contributed by atoms with E-state index in [4.69, 9.17) is 0 Å². The normalized spacial score (nSPS) is 18.9. The number of piperidine rings is 1. The zero-order chi connectivity index (χ0) is 12.3. The van der Waals surface area contributed by atoms with Crippen LogP contribution in [0.3, 0.4) is 0 Å². The van der Waals surface area contributed by atoms with Crippen LogP contribution in [0.4, 0.5) is 0 Å². The van der Waals surface area contributed by atoms with Crippen LogP contribution in [0.15, 0.2) is 24.3 Å². The summed E-state index contributed by atoms with van der Waals surface area (Å²) in [6.07, 6.45) is 3.60. The van der Waals surface area contributed by atoms with Crippen LogP contribution in [-0.2, 0) is 4.79 Å². The van der Waals surface area contributed by atoms with E-state index >= 15 is 0 Å². The molecule has 17 heavy (non-hydrogen) atoms. The van der Waals surface area contributed by atoms with Gasteiger partial charge in [-0.25, -0.2) is 0 Å². The summed E-state index contributed by atoms with van der Waals surface area (Å²) in [5.41, 5.74) is 0.984. The summed E-state index contributed by atoms with van der Waals surface area (Å²) in [7, 11) is 0. The second-order valence-electron chi connectivity index (χ2n) is 4.70. The van der Waals surface area contributed by atoms with E-state index in [1.807, 2.05) is 12.1 Å². The molecule has 3 nitrogen and oxygen atoms in total. The van der Waals surface area contributed by atoms with Gasteiger partial charge in [0.2, 0.25) is 0 Å². The number of aromatic hydroxyl groups is 1. The number of hydrogen-bond donors (Lipinski definition) is 1. The number of carbonyl (C=O) groups is 1. The maximum absolute atomic E-state index is 11.8. The van der Waals surface area contributed by atoms with Crippen molar-refractivity contribution in [3.8, 4) is 5.75 Å². The first-order valence-electron chi connectivity index (χ1n) is 6.22. The molecule has 0 radical (unpaired) electrons. The Balaban J connectivity index is 2.21. The number of ketones is 1. The molecular formula is C14H19NO2. The molecule has 1 fully saturated rings. The molecule has 1 aliphatic heterocycles. The first kappa shape index (κ1) is 12.1. The maximum Gasteiger partial charge on any atom is 0.151 e. The van der Waals surface area contributed by atoms with Crippen molar-refractivity contribution in [1.29, 1.82) is 0 Å². The van der Waals surface area contributed by atoms with Crippen LogP contribution < -0.4 is 0 Å². The van der Waals surface area contributed by atoms with E-state index in [0.29, 0.717) is 0 Å². The Hall–Kier alpha value is -1.35. The van der Waals surface area contributed by atoms with Crippen LogP contribution in [-0.4, -0.2) is 28.9 Å². The summed E-state index contributed by atoms with van der Waals surface area (Å²) in [4.78, 5) is 14.1. The fourth-order valence-corrected chi connectivity index (χ4v) is 2.54. The molecule has 1 heterocycles. The lowest BCUT2D eigenvalue weighted by atomic mass is 9.99. The average Bonchev–Trinajstić information content (AvgIpc) is 2.33. The van der Waals surface area contributed by atoms with E-state index in [0.717, 1.165) is 18.7 Å². The van der Waals surface area contributed by atoms with Crippen molar-refractivity contribution in [2.45, 2.75) is 32.2 Å². The lowest BCUT2D eigenvalue weighted by Gasteiger charge is -2.33. The lowest BCUT2D eigenvalue weighted by Crippen LogP contribution is -2.37. The number of phenols is 1. The molecule has 1 saturated heterocycles. The molecular weight excluding hydrogens is 214 g/mol. The predicted molar refractivity (Wildman–Crippen MR) is 67.0 cm³/mol. The summed E-state index contributed by atoms with van der Waals surface area (Å²) >= 11 is 0. The number of Topliss-reactive ketones (excluding diaryl/α,β-unsaturated/α-hetero) is 1. The highest BCUT2D eigenvalue weighted by molar-refractivity contribution is 5.83. The largest absolute Gasteiger partial charge is 0.508 e. The molecule has 0 saturated carbocycles. The summed E-state index contributed by atoms with van der Waals surface area (Å²) in [5, 5.41) is 9.29. The molecule has 0 spiro atoms. The zero-order valence-corrected chi connectivity index (χ0v) is 10.2. The van der Waals surface area contributed by atoms with E-state index in [2.05, 4.69) is 4.90 Å². The molecule has 0 amide bonds. The van der Waals surface area contributed by atoms with Gasteiger partial charge in [-0.3, -0.25) is 9.69 Å². The van der Waals surface area contributed by atoms with E-state index in [1.54, 1.807) is 19.1 Å². The van der Waals surface area contributed by atoms with E-state index < -0.39 is 0 Å². The Kier molecular flexibility index (Phi) is 3.79. The molecule has 1 N–H and O–H groups in total. The fraction of sp³-hybridized carbons (Fsp3) is 0.500. The van der Waals surface area contributed by atoms with Gasteiger partial charge in [0.05, 0.1) is 6.04 Å². The zero-order valence-electron chi connectivity index (χ0n) is 10.2. The van der Waals surface area contributed by atoms with Crippen molar-refractivity contribution < 1.29 is 9.90 Å². The second-order valence-corrected chi connectivity index (χ2v) is 4.70. The quantitative estimate of drug-likeness (QED) is 0.872. The SMILES string of the molecule is CC(=O)C(c1ccc(O)cc1)N1CCCCC1. The Labute approximate surface area is 102 Å². The Morgan fingerprint density at radius 1 is 1.18 bits per heavy atom. The molecule has 3 heteroatoms. The minimum atomic E-state index is -0.143. The highest BCUT2D eigenvalue weighted by Gasteiger charge is 2.25. The smallest absolute Gasteiger partial charge is 0.151 e. The van der Waals surface area contributed by atoms with Gasteiger partial charge < -0.3 is 5.11 Å². The molecule has 1 aliphatic rings. The molecule has 92 valence electrons. The molecule has 1 unspecified atom stereocenters. The number of benzene rings is 1. The van der Waals surface area contributed by atoms with Gasteiger partial charge in [-0.2, -0.15) is 0 Å². The lowest BCUT2D eigenvalue weighted by molar-refractivity contribution is -0.122. The molecule has 0 aromatic heterocycles. The van der Waals surface area contributed by atoms with Gasteiger partial charge in [0.15, 0.2) is 5.78 Å². The van der Waals surface area contributed by atoms with Crippen molar-refractivity contribution in [2.24, 2.45) is 0 Å². The second kappa shape index (κ2) is 5.32. The number of nitrogens with zero attached hydrogens (tertiary/aromatic N) is 1. The monoisotopic (exact) mass is 233 g/mol. The highest BCUT2D eigenvalue weighted by atomic mass is 16.3. The minimum Gasteiger partial charge on any atom is -0.508 e. The van der Waals surface area contributed by atoms with Crippen LogP contribution in [0, 0.1) is 0 Å². The van der Waals surface area contributed by atoms with E-state index in [-0.39, 0.29) is 17.6 Å². The molecule has 1 aromatic carbocycles. The number of likely N-dealkylation sites (tertiary alicyclic amines) is 1. The van der Waals surface area contributed by atoms with Gasteiger partial charge in [0, 0.05) is 0 Å². The Bertz CT molecular complexity index is 380. The van der Waals surface area contributed by atoms with Crippen molar-refractivity contribution in [1.82, 2.24) is 4.90 Å². The molecule has 0 bridgehead atoms. The van der Waals surface area contributed by atoms with Gasteiger partial charge in [0.25, 0.3) is 0 Å². The van der Waals surface area contributed by atoms with Gasteiger partial charge in [0.1, 0.15) is 5.75 Å². The van der Waals surface area contributed by atoms with E-state index in [1.165, 1.54) is 19.3 Å². The van der Waals surface area contributed by atoms with Gasteiger partial charge in [-0.15, -0.1) is 0 Å². The third-order valence-corrected chi connectivity index (χ3v) is 3.35. The van der Waals surface area contributed by atoms with E-state index in [9.17, 15) is 9.90 Å². The molecule has 1 atom stereocenters. The summed E-state index contributed by atoms with van der Waals surface area (Å²) in [5.74, 6) is 0.423. The summed E-state index contributed by atoms with van der Waals surface area (Å²) in [6, 6.07) is 6.84. The minimum absolute atomic E-state index is 0.143. The first-order valence-corrected chi connectivity index (χ1v) is 6.22. The van der Waals surface area contributed by atoms with Crippen molar-refractivity contribution in [3.63, 3.8) is 0 Å².